The summed E-state index contributed by atoms with van der Waals surface area (Å²) in [5.74, 6) is -1.80. The Morgan fingerprint density at radius 2 is 1.43 bits per heavy atom. The highest BCUT2D eigenvalue weighted by molar-refractivity contribution is 7.87. The second-order valence-corrected chi connectivity index (χ2v) is 24.8. The number of ether oxygens (including phenoxy) is 2. The van der Waals surface area contributed by atoms with Gasteiger partial charge in [-0.3, -0.25) is 12.9 Å². The third kappa shape index (κ3) is 12.7. The molecule has 0 bridgehead atoms. The van der Waals surface area contributed by atoms with Crippen LogP contribution in [0.3, 0.4) is 0 Å². The van der Waals surface area contributed by atoms with Crippen molar-refractivity contribution in [2.24, 2.45) is 0 Å². The Balaban J connectivity index is 1.68. The first-order chi connectivity index (χ1) is 32.4. The van der Waals surface area contributed by atoms with Gasteiger partial charge in [-0.15, -0.1) is 4.73 Å². The maximum Gasteiger partial charge on any atom is 0.333 e. The molecule has 0 radical (unpaired) electrons. The van der Waals surface area contributed by atoms with Crippen molar-refractivity contribution in [2.45, 2.75) is 139 Å². The summed E-state index contributed by atoms with van der Waals surface area (Å²) in [5.41, 5.74) is 2.09. The molecule has 3 N–H and O–H groups in total. The Morgan fingerprint density at radius 3 is 2.03 bits per heavy atom. The lowest BCUT2D eigenvalue weighted by molar-refractivity contribution is -0.438. The molecule has 21 heteroatoms. The highest BCUT2D eigenvalue weighted by Gasteiger charge is 2.50. The van der Waals surface area contributed by atoms with Gasteiger partial charge in [0.1, 0.15) is 6.54 Å². The number of unbranched alkanes of at least 4 members (excludes halogenated alkanes) is 2. The van der Waals surface area contributed by atoms with Gasteiger partial charge in [-0.2, -0.15) is 29.8 Å². The first kappa shape index (κ1) is 56.3. The second kappa shape index (κ2) is 21.6. The Labute approximate surface area is 413 Å². The molecule has 70 heavy (non-hydrogen) atoms. The van der Waals surface area contributed by atoms with Crippen LogP contribution in [0.25, 0.3) is 0 Å². The van der Waals surface area contributed by atoms with Crippen LogP contribution >= 0.6 is 0 Å². The topological polar surface area (TPSA) is 238 Å². The van der Waals surface area contributed by atoms with E-state index in [0.717, 1.165) is 36.9 Å². The molecule has 0 saturated carbocycles. The number of benzene rings is 2. The quantitative estimate of drug-likeness (QED) is 0.0342. The van der Waals surface area contributed by atoms with Gasteiger partial charge in [-0.1, -0.05) is 0 Å². The third-order valence-electron chi connectivity index (χ3n) is 13.1. The Bertz CT molecular complexity index is 2840. The number of allylic oxidation sites excluding steroid dienone is 4. The van der Waals surface area contributed by atoms with Crippen LogP contribution in [0.4, 0.5) is 11.4 Å². The van der Waals surface area contributed by atoms with E-state index in [2.05, 4.69) is 23.3 Å². The summed E-state index contributed by atoms with van der Waals surface area (Å²) in [6, 6.07) is 11.7. The molecule has 0 aliphatic carbocycles. The lowest BCUT2D eigenvalue weighted by Gasteiger charge is -2.42. The van der Waals surface area contributed by atoms with Gasteiger partial charge in [-0.05, 0) is 141 Å². The fourth-order valence-corrected chi connectivity index (χ4v) is 11.1. The molecule has 3 heterocycles. The van der Waals surface area contributed by atoms with Gasteiger partial charge < -0.3 is 29.4 Å². The van der Waals surface area contributed by atoms with E-state index >= 15 is 0 Å². The molecule has 1 aromatic heterocycles. The second-order valence-electron chi connectivity index (χ2n) is 19.8. The molecular formula is C49H70N3O15S3+. The molecule has 0 amide bonds. The minimum atomic E-state index is -4.60. The summed E-state index contributed by atoms with van der Waals surface area (Å²) < 4.78 is 112. The van der Waals surface area contributed by atoms with Crippen molar-refractivity contribution in [3.05, 3.63) is 83.1 Å². The fourth-order valence-electron chi connectivity index (χ4n) is 9.26. The standard InChI is InChI=1S/C49H69N3O15S3/c1-34(31-42-48(7,23-15-29-68(56,57)64-10)38-33-36(70(61,62)65-11)18-20-40(38)51(42)47(5,6)24-28-66-46(2,3)4)30-41-49(8,25-27-63-9)37-32-35(69(58,59)60)17-19-39(37)50(41)26-14-12-13-16-45(55)67-52-43(53)21-22-44(52)54/h17-22,30-33H,12-16,23-29H2,1-11H3,(H2-,53,54,58,59,60)/p+1. The number of aromatic nitrogens is 1. The number of fused-ring (bicyclic) bond motifs is 2. The SMILES string of the molecule is COCCC1(C)C(C=C(C)C=C2N(C(C)(C)CCOC(C)(C)C)c3ccc(S(=O)(=O)OC)cc3C2(C)CCCS(=O)(=O)OC)=[N+](CCCCCC(=O)On2c(O)ccc2O)c2ccc(S(=O)(=O)O)cc21. The van der Waals surface area contributed by atoms with E-state index < -0.39 is 70.1 Å². The summed E-state index contributed by atoms with van der Waals surface area (Å²) in [6.07, 6.45) is 6.95. The van der Waals surface area contributed by atoms with Gasteiger partial charge in [0.15, 0.2) is 5.71 Å². The van der Waals surface area contributed by atoms with Gasteiger partial charge in [0.25, 0.3) is 30.4 Å². The molecule has 0 saturated heterocycles. The summed E-state index contributed by atoms with van der Waals surface area (Å²) in [6.45, 7) is 17.1. The smallest absolute Gasteiger partial charge is 0.333 e. The van der Waals surface area contributed by atoms with Crippen LogP contribution < -0.4 is 9.74 Å². The number of hydrogen-bond donors (Lipinski definition) is 3. The largest absolute Gasteiger partial charge is 0.492 e. The van der Waals surface area contributed by atoms with E-state index in [9.17, 15) is 44.8 Å². The van der Waals surface area contributed by atoms with Crippen LogP contribution in [0.5, 0.6) is 11.8 Å². The first-order valence-corrected chi connectivity index (χ1v) is 27.5. The average Bonchev–Trinajstić information content (AvgIpc) is 3.80. The van der Waals surface area contributed by atoms with Crippen LogP contribution in [0.15, 0.2) is 81.7 Å². The van der Waals surface area contributed by atoms with Crippen LogP contribution in [0, 0.1) is 0 Å². The monoisotopic (exact) mass is 1040 g/mol. The molecule has 0 fully saturated rings. The molecule has 388 valence electrons. The van der Waals surface area contributed by atoms with Crippen molar-refractivity contribution in [3.8, 4) is 11.8 Å². The number of hydrogen-bond acceptors (Lipinski definition) is 15. The van der Waals surface area contributed by atoms with Crippen LogP contribution in [-0.2, 0) is 63.8 Å². The molecule has 0 spiro atoms. The van der Waals surface area contributed by atoms with E-state index in [4.69, 9.17) is 22.7 Å². The molecule has 2 aromatic carbocycles. The minimum Gasteiger partial charge on any atom is -0.492 e. The summed E-state index contributed by atoms with van der Waals surface area (Å²) in [4.78, 5) is 19.6. The van der Waals surface area contributed by atoms with E-state index in [1.165, 1.54) is 30.3 Å². The van der Waals surface area contributed by atoms with Crippen LogP contribution in [0.1, 0.15) is 118 Å². The van der Waals surface area contributed by atoms with Crippen molar-refractivity contribution in [2.75, 3.05) is 51.7 Å². The van der Waals surface area contributed by atoms with Gasteiger partial charge in [0, 0.05) is 85.3 Å². The number of rotatable bonds is 24. The van der Waals surface area contributed by atoms with Crippen molar-refractivity contribution < 1.29 is 72.1 Å². The fraction of sp³-hybridized carbons (Fsp3) is 0.551. The molecule has 2 aliphatic heterocycles. The molecular weight excluding hydrogens is 967 g/mol. The Morgan fingerprint density at radius 1 is 0.786 bits per heavy atom. The van der Waals surface area contributed by atoms with Crippen LogP contribution in [-0.4, -0.2) is 119 Å². The highest BCUT2D eigenvalue weighted by Crippen LogP contribution is 2.55. The predicted octanol–water partition coefficient (Wildman–Crippen LogP) is 7.44. The van der Waals surface area contributed by atoms with Gasteiger partial charge in [0.2, 0.25) is 17.4 Å². The van der Waals surface area contributed by atoms with Gasteiger partial charge in [-0.25, -0.2) is 4.79 Å². The molecule has 3 aromatic rings. The number of aromatic hydroxyl groups is 2. The number of carbonyl (C=O) groups excluding carboxylic acids is 1. The maximum absolute atomic E-state index is 13.2. The first-order valence-electron chi connectivity index (χ1n) is 23.1. The van der Waals surface area contributed by atoms with Crippen molar-refractivity contribution in [1.82, 2.24) is 4.73 Å². The lowest BCUT2D eigenvalue weighted by Crippen LogP contribution is -2.45. The number of anilines is 1. The van der Waals surface area contributed by atoms with Crippen molar-refractivity contribution in [1.29, 1.82) is 0 Å². The van der Waals surface area contributed by atoms with E-state index in [0.29, 0.717) is 66.8 Å². The van der Waals surface area contributed by atoms with Crippen LogP contribution in [0.2, 0.25) is 0 Å². The van der Waals surface area contributed by atoms with Gasteiger partial charge in [0.05, 0.1) is 40.8 Å². The maximum atomic E-state index is 13.2. The third-order valence-corrected chi connectivity index (χ3v) is 16.5. The molecule has 2 aliphatic rings. The minimum absolute atomic E-state index is 0.00724. The molecule has 2 atom stereocenters. The predicted molar refractivity (Wildman–Crippen MR) is 264 cm³/mol. The van der Waals surface area contributed by atoms with Gasteiger partial charge >= 0.3 is 5.97 Å². The van der Waals surface area contributed by atoms with E-state index in [1.54, 1.807) is 25.3 Å². The Hall–Kier alpha value is -4.61. The van der Waals surface area contributed by atoms with Crippen molar-refractivity contribution >= 4 is 53.4 Å². The molecule has 2 unspecified atom stereocenters. The van der Waals surface area contributed by atoms with Crippen molar-refractivity contribution in [3.63, 3.8) is 0 Å². The zero-order chi connectivity index (χ0) is 52.3. The summed E-state index contributed by atoms with van der Waals surface area (Å²) in [7, 11) is -8.83. The number of methoxy groups -OCH3 is 1. The molecule has 18 nitrogen and oxygen atoms in total. The molecule has 5 rings (SSSR count). The zero-order valence-corrected chi connectivity index (χ0v) is 44.5. The Kier molecular flexibility index (Phi) is 17.4. The summed E-state index contributed by atoms with van der Waals surface area (Å²) in [5, 5.41) is 19.8. The normalized spacial score (nSPS) is 19.6. The van der Waals surface area contributed by atoms with E-state index in [-0.39, 0.29) is 41.4 Å². The lowest BCUT2D eigenvalue weighted by atomic mass is 9.75. The van der Waals surface area contributed by atoms with E-state index in [1.807, 2.05) is 53.7 Å². The average molecular weight is 1040 g/mol. The highest BCUT2D eigenvalue weighted by atomic mass is 32.2. The number of nitrogens with zero attached hydrogens (tertiary/aromatic N) is 3. The zero-order valence-electron chi connectivity index (χ0n) is 42.1. The number of carbonyl (C=O) groups is 1. The summed E-state index contributed by atoms with van der Waals surface area (Å²) >= 11 is 0.